The molecule has 1 N–H and O–H groups in total. The Morgan fingerprint density at radius 1 is 1.02 bits per heavy atom. The second-order valence-electron chi connectivity index (χ2n) is 10.7. The van der Waals surface area contributed by atoms with Crippen molar-refractivity contribution in [3.63, 3.8) is 0 Å². The number of aryl methyl sites for hydroxylation is 1. The van der Waals surface area contributed by atoms with Gasteiger partial charge in [0.1, 0.15) is 0 Å². The van der Waals surface area contributed by atoms with E-state index in [0.717, 1.165) is 38.7 Å². The molecule has 1 atom stereocenters. The Kier molecular flexibility index (Phi) is 8.66. The van der Waals surface area contributed by atoms with Gasteiger partial charge in [0.2, 0.25) is 0 Å². The van der Waals surface area contributed by atoms with Gasteiger partial charge in [-0.15, -0.1) is 11.8 Å². The average molecular weight is 650 g/mol. The molecule has 0 aliphatic carbocycles. The molecule has 46 heavy (non-hydrogen) atoms. The van der Waals surface area contributed by atoms with Crippen molar-refractivity contribution in [2.75, 3.05) is 12.9 Å². The first kappa shape index (κ1) is 31.1. The smallest absolute Gasteiger partial charge is 0.338 e. The van der Waals surface area contributed by atoms with Gasteiger partial charge < -0.3 is 14.4 Å². The van der Waals surface area contributed by atoms with Crippen molar-refractivity contribution in [2.24, 2.45) is 4.99 Å². The number of hydrogen-bond donors (Lipinski definition) is 1. The summed E-state index contributed by atoms with van der Waals surface area (Å²) in [6.07, 6.45) is 3.86. The van der Waals surface area contributed by atoms with Gasteiger partial charge in [-0.05, 0) is 86.7 Å². The summed E-state index contributed by atoms with van der Waals surface area (Å²) in [6, 6.07) is 25.3. The maximum atomic E-state index is 14.3. The minimum Gasteiger partial charge on any atom is -0.478 e. The molecule has 3 aromatic carbocycles. The third-order valence-corrected chi connectivity index (χ3v) is 9.66. The van der Waals surface area contributed by atoms with Gasteiger partial charge in [0.25, 0.3) is 5.56 Å². The molecule has 0 saturated carbocycles. The van der Waals surface area contributed by atoms with Crippen LogP contribution in [0.5, 0.6) is 0 Å². The van der Waals surface area contributed by atoms with Gasteiger partial charge in [-0.1, -0.05) is 53.8 Å². The molecule has 1 aliphatic heterocycles. The summed E-state index contributed by atoms with van der Waals surface area (Å²) in [5.41, 5.74) is 5.77. The van der Waals surface area contributed by atoms with Crippen LogP contribution in [0, 0.1) is 13.8 Å². The van der Waals surface area contributed by atoms with E-state index in [2.05, 4.69) is 0 Å². The Morgan fingerprint density at radius 3 is 2.35 bits per heavy atom. The number of thioether (sulfide) groups is 1. The number of carboxylic acids is 1. The number of benzene rings is 3. The maximum absolute atomic E-state index is 14.3. The first-order valence-corrected chi connectivity index (χ1v) is 16.7. The van der Waals surface area contributed by atoms with Crippen molar-refractivity contribution in [1.82, 2.24) is 9.13 Å². The number of thiazole rings is 1. The third kappa shape index (κ3) is 5.65. The molecule has 1 aliphatic rings. The molecule has 0 fully saturated rings. The van der Waals surface area contributed by atoms with Crippen LogP contribution in [0.3, 0.4) is 0 Å². The van der Waals surface area contributed by atoms with Gasteiger partial charge in [-0.2, -0.15) is 0 Å². The zero-order valence-electron chi connectivity index (χ0n) is 25.7. The summed E-state index contributed by atoms with van der Waals surface area (Å²) in [5, 5.41) is 9.31. The lowest BCUT2D eigenvalue weighted by molar-refractivity contribution is -0.138. The molecule has 232 valence electrons. The molecule has 10 heteroatoms. The maximum Gasteiger partial charge on any atom is 0.338 e. The molecule has 0 spiro atoms. The number of carbonyl (C=O) groups excluding carboxylic acids is 1. The molecule has 0 amide bonds. The highest BCUT2D eigenvalue weighted by Crippen LogP contribution is 2.35. The van der Waals surface area contributed by atoms with E-state index in [0.29, 0.717) is 20.6 Å². The molecule has 3 heterocycles. The van der Waals surface area contributed by atoms with Crippen LogP contribution in [-0.4, -0.2) is 39.0 Å². The number of carboxylic acid groups (broad SMARTS) is 1. The van der Waals surface area contributed by atoms with Crippen molar-refractivity contribution in [3.8, 4) is 5.69 Å². The lowest BCUT2D eigenvalue weighted by atomic mass is 9.93. The average Bonchev–Trinajstić information content (AvgIpc) is 3.53. The fourth-order valence-corrected chi connectivity index (χ4v) is 7.17. The largest absolute Gasteiger partial charge is 0.478 e. The quantitative estimate of drug-likeness (QED) is 0.169. The Bertz CT molecular complexity index is 2180. The lowest BCUT2D eigenvalue weighted by Crippen LogP contribution is -2.40. The highest BCUT2D eigenvalue weighted by molar-refractivity contribution is 7.98. The number of ether oxygens (including phenoxy) is 1. The number of fused-ring (bicyclic) bond motifs is 1. The SMILES string of the molecule is CCOC(=O)C1=C(c2ccccc2)N=c2s/c(=C\c3cc(C)n(-c4ccc(C(=O)O)cc4)c3C)c(=O)n2[C@H]1c1ccc(SC)cc1. The molecule has 0 radical (unpaired) electrons. The standard InChI is InChI=1S/C36H31N3O5S2/c1-5-44-35(43)30-31(23-9-7-6-8-10-23)37-36-39(32(30)24-13-17-28(45-4)18-14-24)33(40)29(46-36)20-26-19-21(2)38(22(26)3)27-15-11-25(12-16-27)34(41)42/h6-20,32H,5H2,1-4H3,(H,41,42)/b29-20-/t32-/m0/s1. The molecule has 2 aromatic heterocycles. The monoisotopic (exact) mass is 649 g/mol. The number of carbonyl (C=O) groups is 2. The number of hydrogen-bond acceptors (Lipinski definition) is 7. The van der Waals surface area contributed by atoms with Crippen LogP contribution in [0.1, 0.15) is 51.4 Å². The molecule has 0 saturated heterocycles. The molecular formula is C36H31N3O5S2. The fourth-order valence-electron chi connectivity index (χ4n) is 5.77. The summed E-state index contributed by atoms with van der Waals surface area (Å²) in [4.78, 5) is 45.8. The summed E-state index contributed by atoms with van der Waals surface area (Å²) in [5.74, 6) is -1.50. The first-order chi connectivity index (χ1) is 22.2. The van der Waals surface area contributed by atoms with Crippen LogP contribution in [-0.2, 0) is 9.53 Å². The van der Waals surface area contributed by atoms with Crippen LogP contribution in [0.15, 0.2) is 105 Å². The Labute approximate surface area is 273 Å². The van der Waals surface area contributed by atoms with Crippen LogP contribution in [0.2, 0.25) is 0 Å². The molecular weight excluding hydrogens is 619 g/mol. The Hall–Kier alpha value is -4.93. The minimum atomic E-state index is -0.983. The number of rotatable bonds is 8. The first-order valence-electron chi connectivity index (χ1n) is 14.7. The highest BCUT2D eigenvalue weighted by Gasteiger charge is 2.35. The Balaban J connectivity index is 1.56. The molecule has 0 bridgehead atoms. The van der Waals surface area contributed by atoms with E-state index in [1.54, 1.807) is 47.5 Å². The summed E-state index contributed by atoms with van der Waals surface area (Å²) in [7, 11) is 0. The minimum absolute atomic E-state index is 0.182. The summed E-state index contributed by atoms with van der Waals surface area (Å²) >= 11 is 2.89. The van der Waals surface area contributed by atoms with Crippen LogP contribution in [0.4, 0.5) is 0 Å². The van der Waals surface area contributed by atoms with Crippen molar-refractivity contribution in [3.05, 3.63) is 144 Å². The summed E-state index contributed by atoms with van der Waals surface area (Å²) < 4.78 is 9.67. The van der Waals surface area contributed by atoms with E-state index in [-0.39, 0.29) is 17.7 Å². The molecule has 5 aromatic rings. The van der Waals surface area contributed by atoms with Crippen LogP contribution < -0.4 is 14.9 Å². The fraction of sp³-hybridized carbons (Fsp3) is 0.167. The topological polar surface area (TPSA) is 103 Å². The van der Waals surface area contributed by atoms with Gasteiger partial charge in [-0.3, -0.25) is 9.36 Å². The number of esters is 1. The van der Waals surface area contributed by atoms with Gasteiger partial charge in [-0.25, -0.2) is 14.6 Å². The second kappa shape index (κ2) is 12.8. The normalized spacial score (nSPS) is 14.6. The molecule has 8 nitrogen and oxygen atoms in total. The predicted octanol–water partition coefficient (Wildman–Crippen LogP) is 5.76. The van der Waals surface area contributed by atoms with Crippen LogP contribution >= 0.6 is 23.1 Å². The third-order valence-electron chi connectivity index (χ3n) is 7.93. The van der Waals surface area contributed by atoms with Gasteiger partial charge >= 0.3 is 11.9 Å². The lowest BCUT2D eigenvalue weighted by Gasteiger charge is -2.26. The van der Waals surface area contributed by atoms with E-state index in [1.165, 1.54) is 11.3 Å². The number of aromatic carboxylic acids is 1. The van der Waals surface area contributed by atoms with Crippen molar-refractivity contribution in [2.45, 2.75) is 31.7 Å². The van der Waals surface area contributed by atoms with E-state index in [9.17, 15) is 19.5 Å². The Morgan fingerprint density at radius 2 is 1.72 bits per heavy atom. The van der Waals surface area contributed by atoms with Crippen molar-refractivity contribution >= 4 is 46.8 Å². The number of nitrogens with zero attached hydrogens (tertiary/aromatic N) is 3. The van der Waals surface area contributed by atoms with Gasteiger partial charge in [0, 0.05) is 27.5 Å². The second-order valence-corrected chi connectivity index (χ2v) is 12.6. The van der Waals surface area contributed by atoms with E-state index < -0.39 is 18.0 Å². The predicted molar refractivity (Wildman–Crippen MR) is 181 cm³/mol. The van der Waals surface area contributed by atoms with Crippen molar-refractivity contribution < 1.29 is 19.4 Å². The zero-order valence-corrected chi connectivity index (χ0v) is 27.3. The molecule has 6 rings (SSSR count). The van der Waals surface area contributed by atoms with Crippen molar-refractivity contribution in [1.29, 1.82) is 0 Å². The molecule has 0 unspecified atom stereocenters. The van der Waals surface area contributed by atoms with E-state index in [4.69, 9.17) is 9.73 Å². The zero-order chi connectivity index (χ0) is 32.5. The van der Waals surface area contributed by atoms with E-state index >= 15 is 0 Å². The highest BCUT2D eigenvalue weighted by atomic mass is 32.2. The summed E-state index contributed by atoms with van der Waals surface area (Å²) in [6.45, 7) is 5.87. The van der Waals surface area contributed by atoms with E-state index in [1.807, 2.05) is 91.4 Å². The number of aromatic nitrogens is 2. The van der Waals surface area contributed by atoms with Gasteiger partial charge in [0.05, 0.1) is 34.0 Å². The van der Waals surface area contributed by atoms with Gasteiger partial charge in [0.15, 0.2) is 4.80 Å². The van der Waals surface area contributed by atoms with Crippen LogP contribution in [0.25, 0.3) is 17.5 Å².